The SMILES string of the molecule is CCOCCCNC(=O)n1ccc2ccccc21. The number of rotatable bonds is 5. The number of amides is 1. The Bertz CT molecular complexity index is 519. The largest absolute Gasteiger partial charge is 0.382 e. The molecule has 0 bridgehead atoms. The standard InChI is InChI=1S/C14H18N2O2/c1-2-18-11-5-9-15-14(17)16-10-8-12-6-3-4-7-13(12)16/h3-4,6-8,10H,2,5,9,11H2,1H3,(H,15,17). The average Bonchev–Trinajstić information content (AvgIpc) is 2.82. The van der Waals surface area contributed by atoms with E-state index in [9.17, 15) is 4.79 Å². The summed E-state index contributed by atoms with van der Waals surface area (Å²) < 4.78 is 6.85. The first kappa shape index (κ1) is 12.6. The quantitative estimate of drug-likeness (QED) is 0.824. The molecule has 1 amide bonds. The first-order valence-corrected chi connectivity index (χ1v) is 6.25. The first-order valence-electron chi connectivity index (χ1n) is 6.25. The number of ether oxygens (including phenoxy) is 1. The highest BCUT2D eigenvalue weighted by Crippen LogP contribution is 2.14. The smallest absolute Gasteiger partial charge is 0.326 e. The number of hydrogen-bond acceptors (Lipinski definition) is 2. The van der Waals surface area contributed by atoms with Crippen LogP contribution in [0.15, 0.2) is 36.5 Å². The molecular formula is C14H18N2O2. The van der Waals surface area contributed by atoms with Crippen LogP contribution in [0, 0.1) is 0 Å². The Kier molecular flexibility index (Phi) is 4.36. The Morgan fingerprint density at radius 3 is 3.00 bits per heavy atom. The van der Waals surface area contributed by atoms with Crippen LogP contribution in [-0.4, -0.2) is 30.4 Å². The van der Waals surface area contributed by atoms with Gasteiger partial charge in [0.2, 0.25) is 0 Å². The van der Waals surface area contributed by atoms with Gasteiger partial charge >= 0.3 is 6.03 Å². The number of aromatic nitrogens is 1. The normalized spacial score (nSPS) is 10.7. The van der Waals surface area contributed by atoms with Crippen molar-refractivity contribution in [2.24, 2.45) is 0 Å². The van der Waals surface area contributed by atoms with Crippen molar-refractivity contribution in [2.45, 2.75) is 13.3 Å². The van der Waals surface area contributed by atoms with Gasteiger partial charge in [-0.25, -0.2) is 4.79 Å². The summed E-state index contributed by atoms with van der Waals surface area (Å²) in [4.78, 5) is 12.0. The van der Waals surface area contributed by atoms with E-state index in [1.807, 2.05) is 37.3 Å². The summed E-state index contributed by atoms with van der Waals surface area (Å²) in [7, 11) is 0. The van der Waals surface area contributed by atoms with Gasteiger partial charge in [0.15, 0.2) is 0 Å². The maximum atomic E-state index is 12.0. The zero-order valence-corrected chi connectivity index (χ0v) is 10.6. The van der Waals surface area contributed by atoms with Crippen LogP contribution in [0.3, 0.4) is 0 Å². The van der Waals surface area contributed by atoms with Crippen molar-refractivity contribution in [3.05, 3.63) is 36.5 Å². The van der Waals surface area contributed by atoms with Gasteiger partial charge in [0.25, 0.3) is 0 Å². The number of nitrogens with zero attached hydrogens (tertiary/aromatic N) is 1. The van der Waals surface area contributed by atoms with Crippen molar-refractivity contribution < 1.29 is 9.53 Å². The van der Waals surface area contributed by atoms with Crippen LogP contribution in [0.5, 0.6) is 0 Å². The molecule has 4 nitrogen and oxygen atoms in total. The second-order valence-corrected chi connectivity index (χ2v) is 4.03. The van der Waals surface area contributed by atoms with E-state index < -0.39 is 0 Å². The third-order valence-corrected chi connectivity index (χ3v) is 2.76. The molecule has 0 saturated carbocycles. The maximum Gasteiger partial charge on any atom is 0.326 e. The van der Waals surface area contributed by atoms with E-state index in [0.717, 1.165) is 23.9 Å². The molecule has 0 aliphatic carbocycles. The highest BCUT2D eigenvalue weighted by molar-refractivity contribution is 5.91. The van der Waals surface area contributed by atoms with Crippen LogP contribution in [0.4, 0.5) is 4.79 Å². The Morgan fingerprint density at radius 1 is 1.33 bits per heavy atom. The summed E-state index contributed by atoms with van der Waals surface area (Å²) in [6.07, 6.45) is 2.63. The number of fused-ring (bicyclic) bond motifs is 1. The van der Waals surface area contributed by atoms with Crippen LogP contribution < -0.4 is 5.32 Å². The minimum atomic E-state index is -0.0901. The molecule has 0 saturated heterocycles. The zero-order valence-electron chi connectivity index (χ0n) is 10.6. The van der Waals surface area contributed by atoms with E-state index in [0.29, 0.717) is 13.2 Å². The molecular weight excluding hydrogens is 228 g/mol. The van der Waals surface area contributed by atoms with Gasteiger partial charge in [-0.2, -0.15) is 0 Å². The number of carbonyl (C=O) groups is 1. The van der Waals surface area contributed by atoms with Gasteiger partial charge in [0, 0.05) is 31.3 Å². The van der Waals surface area contributed by atoms with E-state index in [2.05, 4.69) is 5.32 Å². The summed E-state index contributed by atoms with van der Waals surface area (Å²) in [5.41, 5.74) is 0.930. The molecule has 0 atom stereocenters. The predicted molar refractivity (Wildman–Crippen MR) is 71.8 cm³/mol. The molecule has 96 valence electrons. The molecule has 1 N–H and O–H groups in total. The van der Waals surface area contributed by atoms with Crippen molar-refractivity contribution in [3.8, 4) is 0 Å². The molecule has 1 heterocycles. The Balaban J connectivity index is 1.93. The third-order valence-electron chi connectivity index (χ3n) is 2.76. The number of carbonyl (C=O) groups excluding carboxylic acids is 1. The fourth-order valence-electron chi connectivity index (χ4n) is 1.86. The van der Waals surface area contributed by atoms with Gasteiger partial charge in [0.1, 0.15) is 0 Å². The summed E-state index contributed by atoms with van der Waals surface area (Å²) >= 11 is 0. The van der Waals surface area contributed by atoms with Crippen molar-refractivity contribution in [1.82, 2.24) is 9.88 Å². The highest BCUT2D eigenvalue weighted by atomic mass is 16.5. The topological polar surface area (TPSA) is 43.3 Å². The number of nitrogens with one attached hydrogen (secondary N) is 1. The predicted octanol–water partition coefficient (Wildman–Crippen LogP) is 2.63. The van der Waals surface area contributed by atoms with E-state index in [1.165, 1.54) is 0 Å². The van der Waals surface area contributed by atoms with Gasteiger partial charge < -0.3 is 10.1 Å². The zero-order chi connectivity index (χ0) is 12.8. The van der Waals surface area contributed by atoms with E-state index in [1.54, 1.807) is 10.8 Å². The molecule has 0 aliphatic heterocycles. The van der Waals surface area contributed by atoms with Gasteiger partial charge in [-0.05, 0) is 25.5 Å². The number of para-hydroxylation sites is 1. The number of benzene rings is 1. The lowest BCUT2D eigenvalue weighted by Crippen LogP contribution is -2.29. The second-order valence-electron chi connectivity index (χ2n) is 4.03. The van der Waals surface area contributed by atoms with Gasteiger partial charge in [-0.3, -0.25) is 4.57 Å². The fraction of sp³-hybridized carbons (Fsp3) is 0.357. The maximum absolute atomic E-state index is 12.0. The first-order chi connectivity index (χ1) is 8.83. The van der Waals surface area contributed by atoms with Gasteiger partial charge in [-0.1, -0.05) is 18.2 Å². The molecule has 0 radical (unpaired) electrons. The van der Waals surface area contributed by atoms with Crippen molar-refractivity contribution in [3.63, 3.8) is 0 Å². The van der Waals surface area contributed by atoms with Crippen LogP contribution in [-0.2, 0) is 4.74 Å². The van der Waals surface area contributed by atoms with E-state index in [-0.39, 0.29) is 6.03 Å². The molecule has 0 unspecified atom stereocenters. The van der Waals surface area contributed by atoms with Crippen molar-refractivity contribution >= 4 is 16.9 Å². The van der Waals surface area contributed by atoms with Gasteiger partial charge in [0.05, 0.1) is 5.52 Å². The van der Waals surface area contributed by atoms with Crippen molar-refractivity contribution in [1.29, 1.82) is 0 Å². The van der Waals surface area contributed by atoms with E-state index >= 15 is 0 Å². The Labute approximate surface area is 107 Å². The molecule has 0 aliphatic rings. The lowest BCUT2D eigenvalue weighted by Gasteiger charge is -2.07. The molecule has 1 aromatic heterocycles. The minimum Gasteiger partial charge on any atom is -0.382 e. The summed E-state index contributed by atoms with van der Waals surface area (Å²) in [5.74, 6) is 0. The minimum absolute atomic E-state index is 0.0901. The summed E-state index contributed by atoms with van der Waals surface area (Å²) in [5, 5.41) is 3.95. The molecule has 2 aromatic rings. The van der Waals surface area contributed by atoms with Crippen LogP contribution in [0.1, 0.15) is 13.3 Å². The monoisotopic (exact) mass is 246 g/mol. The highest BCUT2D eigenvalue weighted by Gasteiger charge is 2.06. The van der Waals surface area contributed by atoms with Crippen LogP contribution in [0.25, 0.3) is 10.9 Å². The number of hydrogen-bond donors (Lipinski definition) is 1. The fourth-order valence-corrected chi connectivity index (χ4v) is 1.86. The molecule has 0 spiro atoms. The molecule has 0 fully saturated rings. The Hall–Kier alpha value is -1.81. The second kappa shape index (κ2) is 6.21. The molecule has 2 rings (SSSR count). The lowest BCUT2D eigenvalue weighted by molar-refractivity contribution is 0.145. The van der Waals surface area contributed by atoms with Gasteiger partial charge in [-0.15, -0.1) is 0 Å². The van der Waals surface area contributed by atoms with Crippen molar-refractivity contribution in [2.75, 3.05) is 19.8 Å². The Morgan fingerprint density at radius 2 is 2.17 bits per heavy atom. The molecule has 1 aromatic carbocycles. The van der Waals surface area contributed by atoms with E-state index in [4.69, 9.17) is 4.74 Å². The summed E-state index contributed by atoms with van der Waals surface area (Å²) in [6, 6.07) is 9.68. The van der Waals surface area contributed by atoms with Crippen LogP contribution >= 0.6 is 0 Å². The molecule has 4 heteroatoms. The molecule has 18 heavy (non-hydrogen) atoms. The summed E-state index contributed by atoms with van der Waals surface area (Å²) in [6.45, 7) is 4.00. The van der Waals surface area contributed by atoms with Crippen LogP contribution in [0.2, 0.25) is 0 Å². The average molecular weight is 246 g/mol. The third kappa shape index (κ3) is 2.90. The lowest BCUT2D eigenvalue weighted by atomic mass is 10.2.